The Balaban J connectivity index is 1.15. The van der Waals surface area contributed by atoms with Gasteiger partial charge in [-0.2, -0.15) is 0 Å². The Bertz CT molecular complexity index is 3610. The minimum absolute atomic E-state index is 1.24. The van der Waals surface area contributed by atoms with Crippen molar-refractivity contribution in [2.45, 2.75) is 0 Å². The van der Waals surface area contributed by atoms with E-state index in [2.05, 4.69) is 206 Å². The first-order valence-corrected chi connectivity index (χ1v) is 21.2. The van der Waals surface area contributed by atoms with Crippen LogP contribution in [-0.4, -0.2) is 0 Å². The van der Waals surface area contributed by atoms with Gasteiger partial charge >= 0.3 is 0 Å². The van der Waals surface area contributed by atoms with E-state index in [0.717, 1.165) is 0 Å². The molecule has 1 heterocycles. The van der Waals surface area contributed by atoms with E-state index in [0.29, 0.717) is 0 Å². The van der Waals surface area contributed by atoms with Gasteiger partial charge in [0.1, 0.15) is 0 Å². The molecule has 0 saturated carbocycles. The van der Waals surface area contributed by atoms with Crippen LogP contribution in [0.25, 0.3) is 130 Å². The third kappa shape index (κ3) is 4.71. The number of fused-ring (bicyclic) bond motifs is 10. The number of hydrogen-bond donors (Lipinski definition) is 0. The molecule has 12 aromatic rings. The summed E-state index contributed by atoms with van der Waals surface area (Å²) in [4.78, 5) is 0. The molecule has 272 valence electrons. The molecule has 11 aromatic carbocycles. The van der Waals surface area contributed by atoms with Crippen molar-refractivity contribution in [1.29, 1.82) is 0 Å². The van der Waals surface area contributed by atoms with Crippen LogP contribution in [0, 0.1) is 0 Å². The van der Waals surface area contributed by atoms with Gasteiger partial charge < -0.3 is 0 Å². The number of hydrogen-bond acceptors (Lipinski definition) is 1. The highest BCUT2D eigenvalue weighted by Crippen LogP contribution is 2.59. The van der Waals surface area contributed by atoms with Crippen LogP contribution in [0.3, 0.4) is 0 Å². The van der Waals surface area contributed by atoms with Gasteiger partial charge in [0, 0.05) is 25.7 Å². The summed E-state index contributed by atoms with van der Waals surface area (Å²) in [5.41, 5.74) is 15.4. The Labute approximate surface area is 345 Å². The average Bonchev–Trinajstić information content (AvgIpc) is 3.85. The predicted molar refractivity (Wildman–Crippen MR) is 256 cm³/mol. The quantitative estimate of drug-likeness (QED) is 0.157. The van der Waals surface area contributed by atoms with Gasteiger partial charge in [0.25, 0.3) is 0 Å². The first-order valence-electron chi connectivity index (χ1n) is 20.4. The minimum atomic E-state index is 1.24. The van der Waals surface area contributed by atoms with Gasteiger partial charge in [-0.25, -0.2) is 0 Å². The summed E-state index contributed by atoms with van der Waals surface area (Å²) >= 11 is 1.91. The van der Waals surface area contributed by atoms with Gasteiger partial charge in [0.05, 0.1) is 0 Å². The highest BCUT2D eigenvalue weighted by molar-refractivity contribution is 7.26. The molecule has 1 aliphatic carbocycles. The summed E-state index contributed by atoms with van der Waals surface area (Å²) in [6.45, 7) is 0. The molecule has 0 nitrogen and oxygen atoms in total. The first kappa shape index (κ1) is 32.7. The molecule has 1 heteroatoms. The van der Waals surface area contributed by atoms with Crippen molar-refractivity contribution in [2.24, 2.45) is 0 Å². The fourth-order valence-electron chi connectivity index (χ4n) is 10.3. The Hall–Kier alpha value is -7.32. The number of rotatable bonds is 4. The Morgan fingerprint density at radius 3 is 1.51 bits per heavy atom. The molecule has 0 atom stereocenters. The maximum absolute atomic E-state index is 2.49. The maximum atomic E-state index is 2.49. The molecule has 59 heavy (non-hydrogen) atoms. The summed E-state index contributed by atoms with van der Waals surface area (Å²) in [6, 6.07) is 76.9. The predicted octanol–water partition coefficient (Wildman–Crippen LogP) is 17.0. The second-order valence-electron chi connectivity index (χ2n) is 15.9. The average molecular weight is 763 g/mol. The molecule has 0 N–H and O–H groups in total. The normalized spacial score (nSPS) is 12.1. The van der Waals surface area contributed by atoms with Crippen molar-refractivity contribution in [2.75, 3.05) is 0 Å². The van der Waals surface area contributed by atoms with Crippen molar-refractivity contribution in [3.63, 3.8) is 0 Å². The van der Waals surface area contributed by atoms with Crippen molar-refractivity contribution in [3.05, 3.63) is 206 Å². The lowest BCUT2D eigenvalue weighted by Gasteiger charge is -2.20. The van der Waals surface area contributed by atoms with Crippen LogP contribution in [0.1, 0.15) is 0 Å². The van der Waals surface area contributed by atoms with Crippen molar-refractivity contribution in [1.82, 2.24) is 0 Å². The second kappa shape index (κ2) is 12.6. The molecular weight excluding hydrogens is 729 g/mol. The lowest BCUT2D eigenvalue weighted by atomic mass is 9.82. The van der Waals surface area contributed by atoms with E-state index in [1.54, 1.807) is 0 Å². The van der Waals surface area contributed by atoms with Gasteiger partial charge in [-0.05, 0) is 129 Å². The van der Waals surface area contributed by atoms with E-state index in [1.807, 2.05) is 11.3 Å². The minimum Gasteiger partial charge on any atom is -0.135 e. The van der Waals surface area contributed by atoms with Crippen LogP contribution in [0.5, 0.6) is 0 Å². The van der Waals surface area contributed by atoms with Crippen LogP contribution in [-0.2, 0) is 0 Å². The zero-order valence-corrected chi connectivity index (χ0v) is 32.9. The summed E-state index contributed by atoms with van der Waals surface area (Å²) < 4.78 is 2.64. The Morgan fingerprint density at radius 1 is 0.254 bits per heavy atom. The monoisotopic (exact) mass is 762 g/mol. The third-order valence-electron chi connectivity index (χ3n) is 12.8. The molecule has 0 saturated heterocycles. The molecule has 0 radical (unpaired) electrons. The van der Waals surface area contributed by atoms with E-state index in [9.17, 15) is 0 Å². The van der Waals surface area contributed by atoms with Crippen molar-refractivity contribution in [3.8, 4) is 66.8 Å². The number of benzene rings is 11. The smallest absolute Gasteiger partial charge is 0.0434 e. The van der Waals surface area contributed by atoms with Gasteiger partial charge in [0.15, 0.2) is 0 Å². The fourth-order valence-corrected chi connectivity index (χ4v) is 11.5. The molecule has 0 bridgehead atoms. The molecule has 1 aliphatic rings. The second-order valence-corrected chi connectivity index (χ2v) is 16.9. The highest BCUT2D eigenvalue weighted by atomic mass is 32.1. The zero-order valence-electron chi connectivity index (χ0n) is 32.0. The van der Waals surface area contributed by atoms with Crippen LogP contribution in [0.2, 0.25) is 0 Å². The summed E-state index contributed by atoms with van der Waals surface area (Å²) in [5, 5.41) is 12.9. The van der Waals surface area contributed by atoms with Crippen LogP contribution in [0.4, 0.5) is 0 Å². The van der Waals surface area contributed by atoms with Gasteiger partial charge in [-0.3, -0.25) is 0 Å². The molecule has 0 amide bonds. The summed E-state index contributed by atoms with van der Waals surface area (Å²) in [6.07, 6.45) is 0. The van der Waals surface area contributed by atoms with E-state index in [1.165, 1.54) is 130 Å². The largest absolute Gasteiger partial charge is 0.135 e. The summed E-state index contributed by atoms with van der Waals surface area (Å²) in [7, 11) is 0. The summed E-state index contributed by atoms with van der Waals surface area (Å²) in [5.74, 6) is 0. The first-order chi connectivity index (χ1) is 29.3. The van der Waals surface area contributed by atoms with Gasteiger partial charge in [-0.15, -0.1) is 11.3 Å². The van der Waals surface area contributed by atoms with Crippen LogP contribution in [0.15, 0.2) is 206 Å². The molecule has 0 fully saturated rings. The maximum Gasteiger partial charge on any atom is 0.0434 e. The van der Waals surface area contributed by atoms with E-state index >= 15 is 0 Å². The van der Waals surface area contributed by atoms with Crippen molar-refractivity contribution < 1.29 is 0 Å². The SMILES string of the molecule is c1ccc(-c2c3c(c(-c4ccccc4)c4ccccc24)-c2ccc(-c4cc(-c5cc6ccccc6c6ccccc56)cc5c4sc4ccccc45)c4cccc-3c24)cc1. The van der Waals surface area contributed by atoms with E-state index in [4.69, 9.17) is 0 Å². The molecule has 1 aromatic heterocycles. The Kier molecular flexibility index (Phi) is 6.98. The third-order valence-corrected chi connectivity index (χ3v) is 14.0. The van der Waals surface area contributed by atoms with Crippen LogP contribution >= 0.6 is 11.3 Å². The van der Waals surface area contributed by atoms with Gasteiger partial charge in [-0.1, -0.05) is 182 Å². The Morgan fingerprint density at radius 2 is 0.797 bits per heavy atom. The zero-order chi connectivity index (χ0) is 38.6. The standard InChI is InChI=1S/C58H34S/c1-3-16-35(17-4-1)53-45-25-11-12-26-46(45)54(36-18-5-2-6-19-36)57-48-31-30-42(44-27-15-28-47(55(44)48)56(53)57)50-33-38(34-51-43-24-13-14-29-52(43)59-58(50)51)49-32-37-20-7-8-21-39(37)40-22-9-10-23-41(40)49/h1-34H. The molecular formula is C58H34S. The topological polar surface area (TPSA) is 0 Å². The fraction of sp³-hybridized carbons (Fsp3) is 0. The van der Waals surface area contributed by atoms with Crippen LogP contribution < -0.4 is 0 Å². The molecule has 0 aliphatic heterocycles. The number of thiophene rings is 1. The molecule has 13 rings (SSSR count). The van der Waals surface area contributed by atoms with Crippen molar-refractivity contribution >= 4 is 74.6 Å². The molecule has 0 spiro atoms. The highest BCUT2D eigenvalue weighted by Gasteiger charge is 2.31. The lowest BCUT2D eigenvalue weighted by molar-refractivity contribution is 1.62. The van der Waals surface area contributed by atoms with E-state index < -0.39 is 0 Å². The lowest BCUT2D eigenvalue weighted by Crippen LogP contribution is -1.93. The van der Waals surface area contributed by atoms with Gasteiger partial charge in [0.2, 0.25) is 0 Å². The van der Waals surface area contributed by atoms with E-state index in [-0.39, 0.29) is 0 Å². The molecule has 0 unspecified atom stereocenters.